The average molecular weight is 570 g/mol. The van der Waals surface area contributed by atoms with Gasteiger partial charge >= 0.3 is 0 Å². The molecule has 0 radical (unpaired) electrons. The first-order chi connectivity index (χ1) is 20.3. The number of halogens is 1. The molecule has 1 saturated heterocycles. The minimum absolute atomic E-state index is 0.118. The van der Waals surface area contributed by atoms with E-state index in [0.717, 1.165) is 55.6 Å². The Morgan fingerprint density at radius 3 is 2.69 bits per heavy atom. The molecule has 0 amide bonds. The van der Waals surface area contributed by atoms with Gasteiger partial charge < -0.3 is 9.84 Å². The lowest BCUT2D eigenvalue weighted by Crippen LogP contribution is -2.27. The smallest absolute Gasteiger partial charge is 0.161 e. The molecule has 11 nitrogen and oxygen atoms in total. The predicted octanol–water partition coefficient (Wildman–Crippen LogP) is 4.17. The summed E-state index contributed by atoms with van der Waals surface area (Å²) in [4.78, 5) is 6.87. The van der Waals surface area contributed by atoms with Gasteiger partial charge in [0, 0.05) is 36.6 Å². The fraction of sp³-hybridized carbons (Fsp3) is 0.367. The standard InChI is InChI=1S/C30H32FN9O2/c1-30(2,41)20-42-26-10-27(29-22(11-32)13-35-40(29)19-26)23-14-34-38(17-23)25-4-3-8-37(9-7-25)16-21-5-6-28(33-12-21)39-18-24(31)15-36-39/h5-6,10,12-15,17-19,25,41H,3-4,7-9,16,20H2,1-2H3/t25-/m0/s1. The molecule has 0 aromatic carbocycles. The molecule has 0 aliphatic carbocycles. The van der Waals surface area contributed by atoms with Gasteiger partial charge in [0.1, 0.15) is 18.4 Å². The molecular weight excluding hydrogens is 537 g/mol. The third-order valence-electron chi connectivity index (χ3n) is 7.38. The molecular formula is C30H32FN9O2. The average Bonchev–Trinajstić information content (AvgIpc) is 3.69. The minimum atomic E-state index is -0.990. The number of nitriles is 1. The van der Waals surface area contributed by atoms with Gasteiger partial charge in [-0.1, -0.05) is 6.07 Å². The lowest BCUT2D eigenvalue weighted by atomic mass is 10.1. The summed E-state index contributed by atoms with van der Waals surface area (Å²) in [6.07, 6.45) is 14.4. The fourth-order valence-corrected chi connectivity index (χ4v) is 5.31. The van der Waals surface area contributed by atoms with Crippen molar-refractivity contribution in [2.75, 3.05) is 19.7 Å². The molecule has 5 aromatic rings. The van der Waals surface area contributed by atoms with Gasteiger partial charge in [0.2, 0.25) is 0 Å². The van der Waals surface area contributed by atoms with Gasteiger partial charge in [-0.25, -0.2) is 18.6 Å². The van der Waals surface area contributed by atoms with Crippen LogP contribution in [0.5, 0.6) is 5.75 Å². The molecule has 1 N–H and O–H groups in total. The maximum absolute atomic E-state index is 13.3. The van der Waals surface area contributed by atoms with Crippen molar-refractivity contribution >= 4 is 5.52 Å². The summed E-state index contributed by atoms with van der Waals surface area (Å²) in [5, 5.41) is 32.9. The molecule has 6 heterocycles. The highest BCUT2D eigenvalue weighted by atomic mass is 19.1. The van der Waals surface area contributed by atoms with Gasteiger partial charge in [0.25, 0.3) is 0 Å². The van der Waals surface area contributed by atoms with Crippen LogP contribution in [0.2, 0.25) is 0 Å². The van der Waals surface area contributed by atoms with Crippen molar-refractivity contribution in [1.82, 2.24) is 39.1 Å². The molecule has 6 rings (SSSR count). The first-order valence-corrected chi connectivity index (χ1v) is 13.9. The summed E-state index contributed by atoms with van der Waals surface area (Å²) in [7, 11) is 0. The highest BCUT2D eigenvalue weighted by molar-refractivity contribution is 5.84. The zero-order chi connectivity index (χ0) is 29.3. The minimum Gasteiger partial charge on any atom is -0.489 e. The number of hydrogen-bond acceptors (Lipinski definition) is 8. The van der Waals surface area contributed by atoms with Crippen LogP contribution in [-0.2, 0) is 6.54 Å². The topological polar surface area (TPSA) is 122 Å². The molecule has 0 bridgehead atoms. The summed E-state index contributed by atoms with van der Waals surface area (Å²) < 4.78 is 24.2. The van der Waals surface area contributed by atoms with Crippen molar-refractivity contribution < 1.29 is 14.2 Å². The first-order valence-electron chi connectivity index (χ1n) is 13.9. The van der Waals surface area contributed by atoms with E-state index in [1.807, 2.05) is 41.5 Å². The van der Waals surface area contributed by atoms with Crippen LogP contribution in [0.25, 0.3) is 22.5 Å². The zero-order valence-electron chi connectivity index (χ0n) is 23.6. The fourth-order valence-electron chi connectivity index (χ4n) is 5.31. The van der Waals surface area contributed by atoms with Crippen molar-refractivity contribution in [1.29, 1.82) is 5.26 Å². The van der Waals surface area contributed by atoms with Crippen LogP contribution in [-0.4, -0.2) is 69.5 Å². The highest BCUT2D eigenvalue weighted by Crippen LogP contribution is 2.32. The lowest BCUT2D eigenvalue weighted by molar-refractivity contribution is 0.0283. The number of hydrogen-bond donors (Lipinski definition) is 1. The van der Waals surface area contributed by atoms with E-state index in [0.29, 0.717) is 22.6 Å². The van der Waals surface area contributed by atoms with E-state index in [4.69, 9.17) is 9.84 Å². The Bertz CT molecular complexity index is 1730. The maximum atomic E-state index is 13.3. The quantitative estimate of drug-likeness (QED) is 0.296. The second kappa shape index (κ2) is 11.3. The summed E-state index contributed by atoms with van der Waals surface area (Å²) >= 11 is 0. The van der Waals surface area contributed by atoms with Crippen LogP contribution in [0, 0.1) is 17.1 Å². The van der Waals surface area contributed by atoms with Crippen molar-refractivity contribution in [3.8, 4) is 28.8 Å². The number of aliphatic hydroxyl groups is 1. The van der Waals surface area contributed by atoms with Crippen LogP contribution in [0.4, 0.5) is 4.39 Å². The molecule has 216 valence electrons. The number of aromatic nitrogens is 7. The van der Waals surface area contributed by atoms with Crippen molar-refractivity contribution in [2.45, 2.75) is 51.3 Å². The third kappa shape index (κ3) is 6.02. The number of likely N-dealkylation sites (tertiary alicyclic amines) is 1. The molecule has 1 aliphatic rings. The van der Waals surface area contributed by atoms with E-state index in [1.165, 1.54) is 17.1 Å². The van der Waals surface area contributed by atoms with E-state index in [2.05, 4.69) is 26.2 Å². The first kappa shape index (κ1) is 27.6. The van der Waals surface area contributed by atoms with Gasteiger partial charge in [-0.3, -0.25) is 9.58 Å². The number of pyridine rings is 2. The van der Waals surface area contributed by atoms with E-state index in [1.54, 1.807) is 30.8 Å². The number of rotatable bonds is 8. The number of nitrogens with zero attached hydrogens (tertiary/aromatic N) is 9. The molecule has 0 saturated carbocycles. The van der Waals surface area contributed by atoms with Gasteiger partial charge in [-0.15, -0.1) is 0 Å². The molecule has 0 spiro atoms. The van der Waals surface area contributed by atoms with Crippen LogP contribution >= 0.6 is 0 Å². The molecule has 1 aliphatic heterocycles. The molecule has 0 unspecified atom stereocenters. The van der Waals surface area contributed by atoms with E-state index in [-0.39, 0.29) is 12.6 Å². The van der Waals surface area contributed by atoms with Gasteiger partial charge in [-0.05, 0) is 57.4 Å². The van der Waals surface area contributed by atoms with Crippen LogP contribution in [0.15, 0.2) is 61.6 Å². The van der Waals surface area contributed by atoms with Gasteiger partial charge in [0.05, 0.1) is 53.7 Å². The van der Waals surface area contributed by atoms with Gasteiger partial charge in [0.15, 0.2) is 11.6 Å². The Hall–Kier alpha value is -4.60. The van der Waals surface area contributed by atoms with E-state index in [9.17, 15) is 14.8 Å². The Balaban J connectivity index is 1.16. The second-order valence-electron chi connectivity index (χ2n) is 11.4. The summed E-state index contributed by atoms with van der Waals surface area (Å²) in [5.74, 6) is 0.734. The second-order valence-corrected chi connectivity index (χ2v) is 11.4. The predicted molar refractivity (Wildman–Crippen MR) is 152 cm³/mol. The van der Waals surface area contributed by atoms with Crippen molar-refractivity contribution in [2.24, 2.45) is 0 Å². The Kier molecular flexibility index (Phi) is 7.45. The normalized spacial score (nSPS) is 16.4. The highest BCUT2D eigenvalue weighted by Gasteiger charge is 2.22. The molecule has 1 fully saturated rings. The SMILES string of the molecule is CC(C)(O)COc1cc(-c2cnn([C@H]3CCCN(Cc4ccc(-n5cc(F)cn5)nc4)CC3)c2)c2c(C#N)cnn2c1. The number of fused-ring (bicyclic) bond motifs is 1. The van der Waals surface area contributed by atoms with Gasteiger partial charge in [-0.2, -0.15) is 20.6 Å². The van der Waals surface area contributed by atoms with Crippen LogP contribution in [0.3, 0.4) is 0 Å². The number of ether oxygens (including phenoxy) is 1. The Labute approximate surface area is 242 Å². The van der Waals surface area contributed by atoms with Crippen molar-refractivity contribution in [3.05, 3.63) is 78.5 Å². The van der Waals surface area contributed by atoms with Crippen LogP contribution in [0.1, 0.15) is 50.3 Å². The van der Waals surface area contributed by atoms with E-state index >= 15 is 0 Å². The van der Waals surface area contributed by atoms with Crippen molar-refractivity contribution in [3.63, 3.8) is 0 Å². The molecule has 12 heteroatoms. The summed E-state index contributed by atoms with van der Waals surface area (Å²) in [6.45, 7) is 6.16. The Morgan fingerprint density at radius 2 is 1.95 bits per heavy atom. The Morgan fingerprint density at radius 1 is 1.07 bits per heavy atom. The zero-order valence-corrected chi connectivity index (χ0v) is 23.6. The summed E-state index contributed by atoms with van der Waals surface area (Å²) in [6, 6.07) is 8.21. The monoisotopic (exact) mass is 569 g/mol. The van der Waals surface area contributed by atoms with E-state index < -0.39 is 11.4 Å². The molecule has 42 heavy (non-hydrogen) atoms. The summed E-state index contributed by atoms with van der Waals surface area (Å²) in [5.41, 5.74) is 2.93. The molecule has 5 aromatic heterocycles. The van der Waals surface area contributed by atoms with Crippen LogP contribution < -0.4 is 4.74 Å². The third-order valence-corrected chi connectivity index (χ3v) is 7.38. The maximum Gasteiger partial charge on any atom is 0.161 e. The largest absolute Gasteiger partial charge is 0.489 e. The molecule has 1 atom stereocenters. The lowest BCUT2D eigenvalue weighted by Gasteiger charge is -2.20.